The SMILES string of the molecule is CCOC(=O)N1c2cc(C)c(C)cc2NCC1(CC)C(=O)c1ccc2c(c1)OCO2. The molecule has 2 heterocycles. The van der Waals surface area contributed by atoms with Gasteiger partial charge < -0.3 is 19.5 Å². The summed E-state index contributed by atoms with van der Waals surface area (Å²) in [6.07, 6.45) is -0.113. The first kappa shape index (κ1) is 20.1. The standard InChI is InChI=1S/C23H26N2O5/c1-5-23(21(26)16-7-8-19-20(11-16)30-13-29-19)12-24-17-9-14(3)15(4)10-18(17)25(23)22(27)28-6-2/h7-11,24H,5-6,12-13H2,1-4H3. The molecule has 2 aromatic carbocycles. The molecule has 2 aromatic rings. The number of aryl methyl sites for hydroxylation is 2. The Kier molecular flexibility index (Phi) is 5.05. The van der Waals surface area contributed by atoms with Gasteiger partial charge in [-0.25, -0.2) is 4.79 Å². The normalized spacial score (nSPS) is 19.1. The Hall–Kier alpha value is -3.22. The lowest BCUT2D eigenvalue weighted by atomic mass is 9.82. The first-order valence-corrected chi connectivity index (χ1v) is 10.2. The lowest BCUT2D eigenvalue weighted by Gasteiger charge is -2.46. The molecule has 7 nitrogen and oxygen atoms in total. The molecular formula is C23H26N2O5. The van der Waals surface area contributed by atoms with Gasteiger partial charge in [0.25, 0.3) is 0 Å². The molecule has 0 bridgehead atoms. The van der Waals surface area contributed by atoms with Crippen LogP contribution in [-0.4, -0.2) is 37.4 Å². The molecule has 158 valence electrons. The molecule has 0 saturated carbocycles. The lowest BCUT2D eigenvalue weighted by Crippen LogP contribution is -2.63. The van der Waals surface area contributed by atoms with Crippen LogP contribution in [0.5, 0.6) is 11.5 Å². The number of carbonyl (C=O) groups is 2. The van der Waals surface area contributed by atoms with Crippen molar-refractivity contribution in [2.75, 3.05) is 30.2 Å². The largest absolute Gasteiger partial charge is 0.454 e. The smallest absolute Gasteiger partial charge is 0.415 e. The Morgan fingerprint density at radius 1 is 1.10 bits per heavy atom. The molecule has 4 rings (SSSR count). The summed E-state index contributed by atoms with van der Waals surface area (Å²) < 4.78 is 16.2. The number of ketones is 1. The van der Waals surface area contributed by atoms with Crippen LogP contribution in [0.4, 0.5) is 16.2 Å². The van der Waals surface area contributed by atoms with Crippen LogP contribution in [0.1, 0.15) is 41.8 Å². The quantitative estimate of drug-likeness (QED) is 0.751. The van der Waals surface area contributed by atoms with Gasteiger partial charge in [0, 0.05) is 12.1 Å². The average Bonchev–Trinajstić information content (AvgIpc) is 3.21. The molecule has 1 atom stereocenters. The van der Waals surface area contributed by atoms with Gasteiger partial charge in [0.2, 0.25) is 6.79 Å². The molecule has 1 unspecified atom stereocenters. The zero-order valence-corrected chi connectivity index (χ0v) is 17.7. The van der Waals surface area contributed by atoms with E-state index in [1.165, 1.54) is 4.90 Å². The van der Waals surface area contributed by atoms with Crippen LogP contribution < -0.4 is 19.7 Å². The second-order valence-electron chi connectivity index (χ2n) is 7.62. The monoisotopic (exact) mass is 410 g/mol. The third-order valence-corrected chi connectivity index (χ3v) is 5.94. The number of hydrogen-bond donors (Lipinski definition) is 1. The number of carbonyl (C=O) groups excluding carboxylic acids is 2. The number of anilines is 2. The van der Waals surface area contributed by atoms with E-state index in [1.807, 2.05) is 32.9 Å². The van der Waals surface area contributed by atoms with Crippen molar-refractivity contribution in [3.63, 3.8) is 0 Å². The number of Topliss-reactive ketones (excluding diaryl/α,β-unsaturated/α-hetero) is 1. The van der Waals surface area contributed by atoms with Crippen LogP contribution in [0, 0.1) is 13.8 Å². The minimum absolute atomic E-state index is 0.133. The Morgan fingerprint density at radius 2 is 1.83 bits per heavy atom. The van der Waals surface area contributed by atoms with Crippen molar-refractivity contribution in [2.45, 2.75) is 39.7 Å². The minimum atomic E-state index is -1.13. The van der Waals surface area contributed by atoms with E-state index in [0.29, 0.717) is 29.2 Å². The number of ether oxygens (including phenoxy) is 3. The molecule has 1 amide bonds. The number of nitrogens with zero attached hydrogens (tertiary/aromatic N) is 1. The summed E-state index contributed by atoms with van der Waals surface area (Å²) in [5, 5.41) is 3.38. The highest BCUT2D eigenvalue weighted by atomic mass is 16.7. The highest BCUT2D eigenvalue weighted by molar-refractivity contribution is 6.12. The molecule has 0 aliphatic carbocycles. The fourth-order valence-electron chi connectivity index (χ4n) is 4.07. The summed E-state index contributed by atoms with van der Waals surface area (Å²) in [4.78, 5) is 28.5. The predicted molar refractivity (Wildman–Crippen MR) is 114 cm³/mol. The molecule has 0 radical (unpaired) electrons. The second-order valence-corrected chi connectivity index (χ2v) is 7.62. The van der Waals surface area contributed by atoms with Crippen molar-refractivity contribution in [3.8, 4) is 11.5 Å². The predicted octanol–water partition coefficient (Wildman–Crippen LogP) is 4.45. The highest BCUT2D eigenvalue weighted by Gasteiger charge is 2.50. The fraction of sp³-hybridized carbons (Fsp3) is 0.391. The Bertz CT molecular complexity index is 1020. The van der Waals surface area contributed by atoms with E-state index in [4.69, 9.17) is 14.2 Å². The molecule has 30 heavy (non-hydrogen) atoms. The summed E-state index contributed by atoms with van der Waals surface area (Å²) >= 11 is 0. The van der Waals surface area contributed by atoms with Crippen LogP contribution in [0.15, 0.2) is 30.3 Å². The van der Waals surface area contributed by atoms with E-state index in [-0.39, 0.29) is 25.7 Å². The third kappa shape index (κ3) is 3.05. The number of nitrogens with one attached hydrogen (secondary N) is 1. The second kappa shape index (κ2) is 7.55. The first-order valence-electron chi connectivity index (χ1n) is 10.2. The van der Waals surface area contributed by atoms with Gasteiger partial charge in [-0.15, -0.1) is 0 Å². The van der Waals surface area contributed by atoms with E-state index in [9.17, 15) is 9.59 Å². The van der Waals surface area contributed by atoms with Gasteiger partial charge in [0.1, 0.15) is 5.54 Å². The van der Waals surface area contributed by atoms with Crippen LogP contribution >= 0.6 is 0 Å². The van der Waals surface area contributed by atoms with E-state index in [0.717, 1.165) is 16.8 Å². The number of fused-ring (bicyclic) bond motifs is 2. The molecule has 1 N–H and O–H groups in total. The molecule has 0 fully saturated rings. The van der Waals surface area contributed by atoms with Gasteiger partial charge in [-0.2, -0.15) is 0 Å². The number of amides is 1. The number of benzene rings is 2. The molecule has 0 saturated heterocycles. The average molecular weight is 410 g/mol. The molecule has 0 aromatic heterocycles. The van der Waals surface area contributed by atoms with E-state index in [2.05, 4.69) is 5.32 Å². The van der Waals surface area contributed by atoms with Gasteiger partial charge in [0.15, 0.2) is 17.3 Å². The number of hydrogen-bond acceptors (Lipinski definition) is 6. The highest BCUT2D eigenvalue weighted by Crippen LogP contribution is 2.42. The summed E-state index contributed by atoms with van der Waals surface area (Å²) in [5.74, 6) is 0.968. The van der Waals surface area contributed by atoms with Crippen LogP contribution in [-0.2, 0) is 4.74 Å². The van der Waals surface area contributed by atoms with Gasteiger partial charge in [-0.05, 0) is 68.7 Å². The molecular weight excluding hydrogens is 384 g/mol. The maximum absolute atomic E-state index is 13.8. The van der Waals surface area contributed by atoms with Crippen molar-refractivity contribution in [1.29, 1.82) is 0 Å². The van der Waals surface area contributed by atoms with Crippen LogP contribution in [0.2, 0.25) is 0 Å². The van der Waals surface area contributed by atoms with E-state index in [1.54, 1.807) is 25.1 Å². The van der Waals surface area contributed by atoms with Crippen molar-refractivity contribution >= 4 is 23.3 Å². The van der Waals surface area contributed by atoms with Gasteiger partial charge >= 0.3 is 6.09 Å². The minimum Gasteiger partial charge on any atom is -0.454 e. The zero-order chi connectivity index (χ0) is 21.5. The van der Waals surface area contributed by atoms with Crippen molar-refractivity contribution < 1.29 is 23.8 Å². The Morgan fingerprint density at radius 3 is 2.57 bits per heavy atom. The summed E-state index contributed by atoms with van der Waals surface area (Å²) in [5.41, 5.74) is 2.94. The van der Waals surface area contributed by atoms with Crippen LogP contribution in [0.25, 0.3) is 0 Å². The molecule has 0 spiro atoms. The topological polar surface area (TPSA) is 77.1 Å². The zero-order valence-electron chi connectivity index (χ0n) is 17.7. The molecule has 7 heteroatoms. The fourth-order valence-corrected chi connectivity index (χ4v) is 4.07. The summed E-state index contributed by atoms with van der Waals surface area (Å²) in [7, 11) is 0. The Balaban J connectivity index is 1.84. The number of rotatable bonds is 4. The van der Waals surface area contributed by atoms with Crippen molar-refractivity contribution in [3.05, 3.63) is 47.0 Å². The summed E-state index contributed by atoms with van der Waals surface area (Å²) in [6, 6.07) is 9.06. The van der Waals surface area contributed by atoms with Crippen molar-refractivity contribution in [1.82, 2.24) is 0 Å². The maximum atomic E-state index is 13.8. The van der Waals surface area contributed by atoms with Gasteiger partial charge in [-0.1, -0.05) is 6.92 Å². The molecule has 2 aliphatic heterocycles. The third-order valence-electron chi connectivity index (χ3n) is 5.94. The lowest BCUT2D eigenvalue weighted by molar-refractivity contribution is 0.0863. The molecule has 2 aliphatic rings. The van der Waals surface area contributed by atoms with Crippen LogP contribution in [0.3, 0.4) is 0 Å². The Labute approximate surface area is 175 Å². The van der Waals surface area contributed by atoms with Gasteiger partial charge in [0.05, 0.1) is 18.0 Å². The van der Waals surface area contributed by atoms with E-state index >= 15 is 0 Å². The van der Waals surface area contributed by atoms with E-state index < -0.39 is 11.6 Å². The van der Waals surface area contributed by atoms with Gasteiger partial charge in [-0.3, -0.25) is 9.69 Å². The first-order chi connectivity index (χ1) is 14.4. The maximum Gasteiger partial charge on any atom is 0.415 e. The van der Waals surface area contributed by atoms with Crippen molar-refractivity contribution in [2.24, 2.45) is 0 Å². The summed E-state index contributed by atoms with van der Waals surface area (Å²) in [6.45, 7) is 8.31.